The van der Waals surface area contributed by atoms with Crippen LogP contribution in [-0.2, 0) is 11.2 Å². The van der Waals surface area contributed by atoms with E-state index in [1.807, 2.05) is 0 Å². The summed E-state index contributed by atoms with van der Waals surface area (Å²) in [5.41, 5.74) is -0.0966. The maximum atomic E-state index is 13.5. The Hall–Kier alpha value is -0.970. The van der Waals surface area contributed by atoms with Gasteiger partial charge in [0, 0.05) is 19.5 Å². The standard InChI is InChI=1S/C12H16FNO2/c13-11-4-2-1-3-10(11)7-12(9-15)8-14-5-6-16-12/h1-4,14-15H,5-9H2. The number of ether oxygens (including phenoxy) is 1. The van der Waals surface area contributed by atoms with Crippen LogP contribution in [0, 0.1) is 5.82 Å². The van der Waals surface area contributed by atoms with Crippen LogP contribution in [0.1, 0.15) is 5.56 Å². The SMILES string of the molecule is OCC1(Cc2ccccc2F)CNCCO1. The minimum Gasteiger partial charge on any atom is -0.393 e. The van der Waals surface area contributed by atoms with Gasteiger partial charge in [-0.15, -0.1) is 0 Å². The fourth-order valence-electron chi connectivity index (χ4n) is 1.97. The number of nitrogens with one attached hydrogen (secondary N) is 1. The predicted molar refractivity (Wildman–Crippen MR) is 58.7 cm³/mol. The first-order valence-corrected chi connectivity index (χ1v) is 5.45. The van der Waals surface area contributed by atoms with Crippen LogP contribution in [0.5, 0.6) is 0 Å². The van der Waals surface area contributed by atoms with Crippen LogP contribution in [-0.4, -0.2) is 37.0 Å². The van der Waals surface area contributed by atoms with E-state index in [1.54, 1.807) is 18.2 Å². The molecule has 2 N–H and O–H groups in total. The van der Waals surface area contributed by atoms with Gasteiger partial charge in [0.1, 0.15) is 11.4 Å². The summed E-state index contributed by atoms with van der Waals surface area (Å²) in [5.74, 6) is -0.246. The van der Waals surface area contributed by atoms with Gasteiger partial charge in [-0.1, -0.05) is 18.2 Å². The first kappa shape index (κ1) is 11.5. The zero-order valence-electron chi connectivity index (χ0n) is 9.08. The molecule has 88 valence electrons. The highest BCUT2D eigenvalue weighted by Crippen LogP contribution is 2.21. The lowest BCUT2D eigenvalue weighted by atomic mass is 9.93. The van der Waals surface area contributed by atoms with E-state index in [0.29, 0.717) is 25.1 Å². The molecule has 4 heteroatoms. The topological polar surface area (TPSA) is 41.5 Å². The zero-order valence-corrected chi connectivity index (χ0v) is 9.08. The Morgan fingerprint density at radius 1 is 1.44 bits per heavy atom. The van der Waals surface area contributed by atoms with Crippen molar-refractivity contribution in [2.75, 3.05) is 26.3 Å². The highest BCUT2D eigenvalue weighted by atomic mass is 19.1. The van der Waals surface area contributed by atoms with E-state index < -0.39 is 5.60 Å². The molecule has 0 aliphatic carbocycles. The molecule has 1 aliphatic heterocycles. The third-order valence-corrected chi connectivity index (χ3v) is 2.89. The number of aliphatic hydroxyl groups excluding tert-OH is 1. The van der Waals surface area contributed by atoms with E-state index >= 15 is 0 Å². The first-order valence-electron chi connectivity index (χ1n) is 5.45. The summed E-state index contributed by atoms with van der Waals surface area (Å²) in [6.45, 7) is 1.78. The molecule has 1 saturated heterocycles. The summed E-state index contributed by atoms with van der Waals surface area (Å²) in [6.07, 6.45) is 0.392. The number of morpholine rings is 1. The average molecular weight is 225 g/mol. The van der Waals surface area contributed by atoms with E-state index in [2.05, 4.69) is 5.32 Å². The highest BCUT2D eigenvalue weighted by molar-refractivity contribution is 5.20. The van der Waals surface area contributed by atoms with Crippen molar-refractivity contribution >= 4 is 0 Å². The molecule has 16 heavy (non-hydrogen) atoms. The van der Waals surface area contributed by atoms with E-state index in [1.165, 1.54) is 6.07 Å². The number of halogens is 1. The van der Waals surface area contributed by atoms with Crippen molar-refractivity contribution in [1.82, 2.24) is 5.32 Å². The lowest BCUT2D eigenvalue weighted by Crippen LogP contribution is -2.53. The van der Waals surface area contributed by atoms with Gasteiger partial charge in [0.2, 0.25) is 0 Å². The Labute approximate surface area is 94.2 Å². The molecule has 0 bridgehead atoms. The van der Waals surface area contributed by atoms with Gasteiger partial charge in [0.25, 0.3) is 0 Å². The summed E-state index contributed by atoms with van der Waals surface area (Å²) in [4.78, 5) is 0. The molecule has 1 aliphatic rings. The molecular weight excluding hydrogens is 209 g/mol. The maximum absolute atomic E-state index is 13.5. The minimum atomic E-state index is -0.680. The van der Waals surface area contributed by atoms with Crippen molar-refractivity contribution in [2.45, 2.75) is 12.0 Å². The van der Waals surface area contributed by atoms with Gasteiger partial charge in [-0.2, -0.15) is 0 Å². The second kappa shape index (κ2) is 4.91. The molecule has 1 unspecified atom stereocenters. The number of rotatable bonds is 3. The van der Waals surface area contributed by atoms with Crippen molar-refractivity contribution in [1.29, 1.82) is 0 Å². The largest absolute Gasteiger partial charge is 0.393 e. The van der Waals surface area contributed by atoms with Crippen LogP contribution >= 0.6 is 0 Å². The molecule has 1 heterocycles. The normalized spacial score (nSPS) is 25.6. The smallest absolute Gasteiger partial charge is 0.126 e. The highest BCUT2D eigenvalue weighted by Gasteiger charge is 2.33. The quantitative estimate of drug-likeness (QED) is 0.796. The zero-order chi connectivity index (χ0) is 11.4. The van der Waals surface area contributed by atoms with Gasteiger partial charge in [0.15, 0.2) is 0 Å². The van der Waals surface area contributed by atoms with Crippen molar-refractivity contribution in [3.05, 3.63) is 35.6 Å². The molecule has 0 radical (unpaired) electrons. The van der Waals surface area contributed by atoms with Crippen LogP contribution in [0.4, 0.5) is 4.39 Å². The monoisotopic (exact) mass is 225 g/mol. The summed E-state index contributed by atoms with van der Waals surface area (Å²) in [7, 11) is 0. The van der Waals surface area contributed by atoms with Crippen LogP contribution in [0.15, 0.2) is 24.3 Å². The average Bonchev–Trinajstić information content (AvgIpc) is 2.33. The number of hydrogen-bond acceptors (Lipinski definition) is 3. The third-order valence-electron chi connectivity index (χ3n) is 2.89. The number of hydrogen-bond donors (Lipinski definition) is 2. The van der Waals surface area contributed by atoms with Crippen molar-refractivity contribution in [2.24, 2.45) is 0 Å². The molecule has 1 aromatic rings. The summed E-state index contributed by atoms with van der Waals surface area (Å²) < 4.78 is 19.1. The van der Waals surface area contributed by atoms with Crippen LogP contribution in [0.2, 0.25) is 0 Å². The molecular formula is C12H16FNO2. The second-order valence-electron chi connectivity index (χ2n) is 4.13. The van der Waals surface area contributed by atoms with E-state index in [0.717, 1.165) is 6.54 Å². The van der Waals surface area contributed by atoms with Crippen molar-refractivity contribution in [3.8, 4) is 0 Å². The molecule has 0 amide bonds. The van der Waals surface area contributed by atoms with Gasteiger partial charge in [-0.3, -0.25) is 0 Å². The Bertz CT molecular complexity index is 351. The van der Waals surface area contributed by atoms with Crippen LogP contribution in [0.25, 0.3) is 0 Å². The fourth-order valence-corrected chi connectivity index (χ4v) is 1.97. The Kier molecular flexibility index (Phi) is 3.53. The molecule has 0 spiro atoms. The number of aliphatic hydroxyl groups is 1. The number of benzene rings is 1. The van der Waals surface area contributed by atoms with Gasteiger partial charge >= 0.3 is 0 Å². The molecule has 1 fully saturated rings. The lowest BCUT2D eigenvalue weighted by Gasteiger charge is -2.36. The molecule has 1 atom stereocenters. The molecule has 0 aromatic heterocycles. The Morgan fingerprint density at radius 3 is 2.88 bits per heavy atom. The molecule has 0 saturated carbocycles. The summed E-state index contributed by atoms with van der Waals surface area (Å²) >= 11 is 0. The van der Waals surface area contributed by atoms with E-state index in [9.17, 15) is 9.50 Å². The van der Waals surface area contributed by atoms with Gasteiger partial charge < -0.3 is 15.2 Å². The summed E-state index contributed by atoms with van der Waals surface area (Å²) in [6, 6.07) is 6.60. The lowest BCUT2D eigenvalue weighted by molar-refractivity contribution is -0.0957. The second-order valence-corrected chi connectivity index (χ2v) is 4.13. The molecule has 2 rings (SSSR count). The third kappa shape index (κ3) is 2.40. The van der Waals surface area contributed by atoms with E-state index in [-0.39, 0.29) is 12.4 Å². The van der Waals surface area contributed by atoms with Crippen LogP contribution in [0.3, 0.4) is 0 Å². The van der Waals surface area contributed by atoms with Gasteiger partial charge in [-0.25, -0.2) is 4.39 Å². The van der Waals surface area contributed by atoms with Crippen molar-refractivity contribution in [3.63, 3.8) is 0 Å². The van der Waals surface area contributed by atoms with E-state index in [4.69, 9.17) is 4.74 Å². The van der Waals surface area contributed by atoms with Gasteiger partial charge in [-0.05, 0) is 11.6 Å². The van der Waals surface area contributed by atoms with Crippen LogP contribution < -0.4 is 5.32 Å². The predicted octanol–water partition coefficient (Wildman–Crippen LogP) is 0.719. The van der Waals surface area contributed by atoms with Crippen molar-refractivity contribution < 1.29 is 14.2 Å². The Balaban J connectivity index is 2.15. The Morgan fingerprint density at radius 2 is 2.25 bits per heavy atom. The fraction of sp³-hybridized carbons (Fsp3) is 0.500. The maximum Gasteiger partial charge on any atom is 0.126 e. The molecule has 3 nitrogen and oxygen atoms in total. The summed E-state index contributed by atoms with van der Waals surface area (Å²) in [5, 5.41) is 12.6. The molecule has 1 aromatic carbocycles. The van der Waals surface area contributed by atoms with Gasteiger partial charge in [0.05, 0.1) is 13.2 Å². The minimum absolute atomic E-state index is 0.103. The first-order chi connectivity index (χ1) is 7.76.